The zero-order chi connectivity index (χ0) is 29.2. The van der Waals surface area contributed by atoms with E-state index in [1.165, 1.54) is 29.9 Å². The van der Waals surface area contributed by atoms with Crippen LogP contribution in [0.4, 0.5) is 21.2 Å². The number of anilines is 2. The Morgan fingerprint density at radius 1 is 0.976 bits per heavy atom. The van der Waals surface area contributed by atoms with Gasteiger partial charge in [0.2, 0.25) is 0 Å². The van der Waals surface area contributed by atoms with Gasteiger partial charge in [-0.2, -0.15) is 0 Å². The summed E-state index contributed by atoms with van der Waals surface area (Å²) in [5.74, 6) is 2.71. The molecule has 220 valence electrons. The number of carbonyl (C=O) groups excluding carboxylic acids is 2. The van der Waals surface area contributed by atoms with Crippen LogP contribution >= 0.6 is 43.5 Å². The van der Waals surface area contributed by atoms with E-state index in [1.807, 2.05) is 12.1 Å². The molecule has 41 heavy (non-hydrogen) atoms. The van der Waals surface area contributed by atoms with Crippen LogP contribution in [0.25, 0.3) is 0 Å². The average molecular weight is 731 g/mol. The predicted molar refractivity (Wildman–Crippen MR) is 161 cm³/mol. The van der Waals surface area contributed by atoms with Crippen LogP contribution in [0.5, 0.6) is 11.5 Å². The number of ether oxygens (including phenoxy) is 5. The van der Waals surface area contributed by atoms with Crippen LogP contribution < -0.4 is 49.2 Å². The molecule has 1 N–H and O–H groups in total. The van der Waals surface area contributed by atoms with Gasteiger partial charge in [0.05, 0.1) is 13.1 Å². The number of halogens is 3. The Balaban J connectivity index is 0.000000580. The Morgan fingerprint density at radius 2 is 1.59 bits per heavy atom. The van der Waals surface area contributed by atoms with E-state index in [-0.39, 0.29) is 44.2 Å². The van der Waals surface area contributed by atoms with Gasteiger partial charge in [-0.15, -0.1) is 0 Å². The van der Waals surface area contributed by atoms with Gasteiger partial charge in [0.1, 0.15) is 35.6 Å². The minimum absolute atomic E-state index is 0. The first-order valence-electron chi connectivity index (χ1n) is 12.2. The molecule has 0 saturated carbocycles. The zero-order valence-electron chi connectivity index (χ0n) is 23.8. The molecule has 11 nitrogen and oxygen atoms in total. The summed E-state index contributed by atoms with van der Waals surface area (Å²) in [6, 6.07) is 7.29. The van der Waals surface area contributed by atoms with Crippen LogP contribution in [0.2, 0.25) is 0 Å². The number of fused-ring (bicyclic) bond motifs is 2. The van der Waals surface area contributed by atoms with Crippen LogP contribution in [-0.2, 0) is 14.2 Å². The summed E-state index contributed by atoms with van der Waals surface area (Å²) in [4.78, 5) is 31.3. The summed E-state index contributed by atoms with van der Waals surface area (Å²) in [5, 5.41) is 3.14. The van der Waals surface area contributed by atoms with Crippen LogP contribution in [-0.4, -0.2) is 74.2 Å². The predicted octanol–water partition coefficient (Wildman–Crippen LogP) is 3.48. The fourth-order valence-electron chi connectivity index (χ4n) is 3.09. The molecule has 0 atom stereocenters. The molecule has 0 radical (unpaired) electrons. The van der Waals surface area contributed by atoms with Crippen molar-refractivity contribution in [3.05, 3.63) is 58.8 Å². The molecule has 0 unspecified atom stereocenters. The van der Waals surface area contributed by atoms with Crippen molar-refractivity contribution < 1.29 is 64.3 Å². The Labute approximate surface area is 285 Å². The van der Waals surface area contributed by atoms with Gasteiger partial charge in [0.15, 0.2) is 23.1 Å². The van der Waals surface area contributed by atoms with E-state index in [0.717, 1.165) is 42.5 Å². The van der Waals surface area contributed by atoms with Crippen molar-refractivity contribution >= 4 is 66.6 Å². The largest absolute Gasteiger partial charge is 1.00 e. The Kier molecular flexibility index (Phi) is 19.7. The fraction of sp³-hybridized carbons (Fsp3) is 0.385. The summed E-state index contributed by atoms with van der Waals surface area (Å²) < 4.78 is 26.3. The smallest absolute Gasteiger partial charge is 1.00 e. The minimum Gasteiger partial charge on any atom is -1.00 e. The fourth-order valence-corrected chi connectivity index (χ4v) is 3.76. The van der Waals surface area contributed by atoms with Gasteiger partial charge < -0.3 is 30.4 Å². The number of rotatable bonds is 4. The van der Waals surface area contributed by atoms with Crippen LogP contribution in [0.15, 0.2) is 58.8 Å². The number of amides is 1. The molecule has 5 rings (SSSR count). The SMILES string of the molecule is Brc1ccc2c(n1)NCCO2.C1CCOC1.C=CCOC(=O)Cl.C=CCOC(=O)N1CCOc2ccc(Br)nc21.[H-].[Na+]. The zero-order valence-corrected chi connectivity index (χ0v) is 28.7. The molecular formula is C26H32Br2ClN4NaO7. The standard InChI is InChI=1S/C11H11BrN2O3.C7H7BrN2O.C4H5ClO2.C4H8O.Na.H/c1-2-6-17-11(15)14-5-7-16-8-3-4-9(12)13-10(8)14;8-6-2-1-5-7(10-6)9-3-4-11-5;1-2-3-7-4(5)6;1-2-4-5-3-1;;/h2-4H,1,5-7H2;1-2H,3-4H2,(H,9,10);2H,1,3H2;1-4H2;;/q;;;;+1;-1. The Bertz CT molecular complexity index is 1130. The van der Waals surface area contributed by atoms with Crippen molar-refractivity contribution in [2.24, 2.45) is 0 Å². The van der Waals surface area contributed by atoms with Gasteiger partial charge in [0.25, 0.3) is 0 Å². The second kappa shape index (κ2) is 21.8. The van der Waals surface area contributed by atoms with Gasteiger partial charge >= 0.3 is 41.1 Å². The Morgan fingerprint density at radius 3 is 2.17 bits per heavy atom. The van der Waals surface area contributed by atoms with Crippen molar-refractivity contribution in [1.82, 2.24) is 9.97 Å². The molecule has 3 aliphatic heterocycles. The first-order chi connectivity index (χ1) is 19.3. The first-order valence-corrected chi connectivity index (χ1v) is 14.2. The maximum atomic E-state index is 11.8. The molecule has 1 saturated heterocycles. The number of nitrogens with zero attached hydrogens (tertiary/aromatic N) is 3. The molecule has 0 bridgehead atoms. The molecule has 1 amide bonds. The topological polar surface area (TPSA) is 121 Å². The van der Waals surface area contributed by atoms with Gasteiger partial charge in [-0.25, -0.2) is 19.6 Å². The molecule has 15 heteroatoms. The van der Waals surface area contributed by atoms with Crippen molar-refractivity contribution in [3.63, 3.8) is 0 Å². The monoisotopic (exact) mass is 728 g/mol. The quantitative estimate of drug-likeness (QED) is 0.217. The van der Waals surface area contributed by atoms with E-state index >= 15 is 0 Å². The van der Waals surface area contributed by atoms with E-state index in [9.17, 15) is 9.59 Å². The van der Waals surface area contributed by atoms with Gasteiger partial charge in [-0.05, 0) is 69.0 Å². The number of hydrogen-bond acceptors (Lipinski definition) is 10. The number of nitrogens with one attached hydrogen (secondary N) is 1. The number of aromatic nitrogens is 2. The second-order valence-corrected chi connectivity index (χ2v) is 9.67. The third kappa shape index (κ3) is 14.7. The summed E-state index contributed by atoms with van der Waals surface area (Å²) in [5.41, 5.74) is -0.792. The molecule has 0 aliphatic carbocycles. The third-order valence-corrected chi connectivity index (χ3v) is 5.79. The van der Waals surface area contributed by atoms with E-state index in [4.69, 9.17) is 30.5 Å². The number of carbonyl (C=O) groups is 2. The first kappa shape index (κ1) is 37.2. The van der Waals surface area contributed by atoms with Crippen molar-refractivity contribution in [1.29, 1.82) is 0 Å². The van der Waals surface area contributed by atoms with E-state index in [1.54, 1.807) is 12.1 Å². The molecule has 0 spiro atoms. The summed E-state index contributed by atoms with van der Waals surface area (Å²) in [6.07, 6.45) is 5.08. The third-order valence-electron chi connectivity index (χ3n) is 4.80. The van der Waals surface area contributed by atoms with Crippen molar-refractivity contribution in [2.45, 2.75) is 12.8 Å². The van der Waals surface area contributed by atoms with E-state index in [0.29, 0.717) is 29.3 Å². The molecule has 2 aromatic heterocycles. The molecular weight excluding hydrogens is 699 g/mol. The molecule has 5 heterocycles. The maximum absolute atomic E-state index is 11.8. The molecule has 2 aromatic rings. The summed E-state index contributed by atoms with van der Waals surface area (Å²) in [6.45, 7) is 11.6. The van der Waals surface area contributed by atoms with Crippen LogP contribution in [0.3, 0.4) is 0 Å². The van der Waals surface area contributed by atoms with Gasteiger partial charge in [-0.1, -0.05) is 25.3 Å². The van der Waals surface area contributed by atoms with Crippen LogP contribution in [0, 0.1) is 0 Å². The molecule has 1 fully saturated rings. The average Bonchev–Trinajstić information content (AvgIpc) is 3.56. The minimum atomic E-state index is -0.792. The second-order valence-electron chi connectivity index (χ2n) is 7.73. The molecule has 3 aliphatic rings. The Hall–Kier alpha value is -1.87. The van der Waals surface area contributed by atoms with Gasteiger partial charge in [0, 0.05) is 24.8 Å². The van der Waals surface area contributed by atoms with E-state index in [2.05, 4.69) is 65.0 Å². The van der Waals surface area contributed by atoms with Gasteiger partial charge in [-0.3, -0.25) is 4.90 Å². The number of hydrogen-bond donors (Lipinski definition) is 1. The van der Waals surface area contributed by atoms with E-state index < -0.39 is 11.5 Å². The maximum Gasteiger partial charge on any atom is 1.00 e. The molecule has 0 aromatic carbocycles. The van der Waals surface area contributed by atoms with Crippen LogP contribution in [0.1, 0.15) is 14.3 Å². The van der Waals surface area contributed by atoms with Crippen molar-refractivity contribution in [3.8, 4) is 11.5 Å². The number of pyridine rings is 2. The summed E-state index contributed by atoms with van der Waals surface area (Å²) in [7, 11) is 0. The van der Waals surface area contributed by atoms with Crippen molar-refractivity contribution in [2.75, 3.05) is 62.9 Å². The summed E-state index contributed by atoms with van der Waals surface area (Å²) >= 11 is 11.3. The normalized spacial score (nSPS) is 13.8.